The Balaban J connectivity index is 2.13. The van der Waals surface area contributed by atoms with E-state index in [2.05, 4.69) is 36.5 Å². The first-order valence-electron chi connectivity index (χ1n) is 6.14. The van der Waals surface area contributed by atoms with Crippen LogP contribution in [0.3, 0.4) is 0 Å². The van der Waals surface area contributed by atoms with Crippen LogP contribution < -0.4 is 5.32 Å². The molecule has 1 N–H and O–H groups in total. The Morgan fingerprint density at radius 3 is 3.12 bits per heavy atom. The van der Waals surface area contributed by atoms with Gasteiger partial charge in [-0.2, -0.15) is 0 Å². The molecule has 0 bridgehead atoms. The van der Waals surface area contributed by atoms with Crippen LogP contribution in [0.25, 0.3) is 10.1 Å². The van der Waals surface area contributed by atoms with E-state index in [1.165, 1.54) is 29.3 Å². The summed E-state index contributed by atoms with van der Waals surface area (Å²) in [6.45, 7) is 3.26. The molecule has 1 atom stereocenters. The van der Waals surface area contributed by atoms with Gasteiger partial charge in [0.15, 0.2) is 0 Å². The van der Waals surface area contributed by atoms with E-state index in [9.17, 15) is 0 Å². The van der Waals surface area contributed by atoms with Gasteiger partial charge in [0.25, 0.3) is 0 Å². The van der Waals surface area contributed by atoms with E-state index in [0.29, 0.717) is 6.04 Å². The summed E-state index contributed by atoms with van der Waals surface area (Å²) in [4.78, 5) is 1.59. The molecule has 0 fully saturated rings. The van der Waals surface area contributed by atoms with Crippen LogP contribution in [-0.2, 0) is 6.42 Å². The molecule has 0 spiro atoms. The fourth-order valence-corrected chi connectivity index (χ4v) is 4.08. The van der Waals surface area contributed by atoms with Crippen molar-refractivity contribution < 1.29 is 0 Å². The van der Waals surface area contributed by atoms with E-state index in [1.54, 1.807) is 10.4 Å². The molecule has 0 saturated heterocycles. The van der Waals surface area contributed by atoms with E-state index in [1.807, 2.05) is 11.3 Å². The molecule has 2 heteroatoms. The quantitative estimate of drug-likeness (QED) is 0.827. The third-order valence-corrected chi connectivity index (χ3v) is 4.74. The Kier molecular flexibility index (Phi) is 2.70. The number of rotatable bonds is 2. The van der Waals surface area contributed by atoms with Gasteiger partial charge in [0.1, 0.15) is 0 Å². The zero-order chi connectivity index (χ0) is 11.0. The zero-order valence-electron chi connectivity index (χ0n) is 9.62. The van der Waals surface area contributed by atoms with Crippen LogP contribution >= 0.6 is 11.3 Å². The first-order chi connectivity index (χ1) is 7.90. The van der Waals surface area contributed by atoms with Gasteiger partial charge in [-0.1, -0.05) is 25.1 Å². The van der Waals surface area contributed by atoms with Gasteiger partial charge in [-0.25, -0.2) is 0 Å². The molecule has 84 valence electrons. The number of thiophene rings is 1. The zero-order valence-corrected chi connectivity index (χ0v) is 10.4. The van der Waals surface area contributed by atoms with Crippen LogP contribution in [0.5, 0.6) is 0 Å². The standard InChI is InChI=1S/C14H17NS/c1-2-15-12-8-5-7-11-10-6-3-4-9-13(10)16-14(11)12/h3-4,6,9,12,15H,2,5,7-8H2,1H3. The van der Waals surface area contributed by atoms with Crippen LogP contribution in [0.15, 0.2) is 24.3 Å². The summed E-state index contributed by atoms with van der Waals surface area (Å²) in [5.41, 5.74) is 1.61. The minimum Gasteiger partial charge on any atom is -0.310 e. The van der Waals surface area contributed by atoms with Gasteiger partial charge in [-0.15, -0.1) is 11.3 Å². The van der Waals surface area contributed by atoms with Crippen LogP contribution in [0, 0.1) is 0 Å². The van der Waals surface area contributed by atoms with Crippen molar-refractivity contribution in [2.24, 2.45) is 0 Å². The topological polar surface area (TPSA) is 12.0 Å². The molecule has 1 heterocycles. The minimum absolute atomic E-state index is 0.603. The van der Waals surface area contributed by atoms with Gasteiger partial charge in [0, 0.05) is 15.6 Å². The molecule has 1 aliphatic rings. The van der Waals surface area contributed by atoms with Gasteiger partial charge in [0.05, 0.1) is 0 Å². The highest BCUT2D eigenvalue weighted by atomic mass is 32.1. The molecule has 1 aromatic carbocycles. The lowest BCUT2D eigenvalue weighted by atomic mass is 9.92. The Morgan fingerprint density at radius 2 is 2.25 bits per heavy atom. The van der Waals surface area contributed by atoms with Crippen molar-refractivity contribution >= 4 is 21.4 Å². The third-order valence-electron chi connectivity index (χ3n) is 3.42. The molecule has 16 heavy (non-hydrogen) atoms. The highest BCUT2D eigenvalue weighted by molar-refractivity contribution is 7.19. The van der Waals surface area contributed by atoms with Gasteiger partial charge in [-0.05, 0) is 42.8 Å². The third kappa shape index (κ3) is 1.57. The van der Waals surface area contributed by atoms with Crippen molar-refractivity contribution in [2.45, 2.75) is 32.2 Å². The maximum absolute atomic E-state index is 3.61. The Morgan fingerprint density at radius 1 is 1.38 bits per heavy atom. The van der Waals surface area contributed by atoms with Gasteiger partial charge in [0.2, 0.25) is 0 Å². The summed E-state index contributed by atoms with van der Waals surface area (Å²) in [6.07, 6.45) is 3.89. The number of hydrogen-bond donors (Lipinski definition) is 1. The predicted octanol–water partition coefficient (Wildman–Crippen LogP) is 3.89. The second-order valence-electron chi connectivity index (χ2n) is 4.44. The van der Waals surface area contributed by atoms with Crippen molar-refractivity contribution in [3.63, 3.8) is 0 Å². The largest absolute Gasteiger partial charge is 0.310 e. The van der Waals surface area contributed by atoms with E-state index in [-0.39, 0.29) is 0 Å². The van der Waals surface area contributed by atoms with Crippen molar-refractivity contribution in [1.29, 1.82) is 0 Å². The van der Waals surface area contributed by atoms with Crippen LogP contribution in [0.2, 0.25) is 0 Å². The molecule has 1 nitrogen and oxygen atoms in total. The maximum atomic E-state index is 3.61. The highest BCUT2D eigenvalue weighted by Crippen LogP contribution is 2.40. The van der Waals surface area contributed by atoms with E-state index < -0.39 is 0 Å². The summed E-state index contributed by atoms with van der Waals surface area (Å²) in [6, 6.07) is 9.44. The summed E-state index contributed by atoms with van der Waals surface area (Å²) >= 11 is 1.99. The molecule has 0 radical (unpaired) electrons. The first-order valence-corrected chi connectivity index (χ1v) is 6.95. The molecular formula is C14H17NS. The second kappa shape index (κ2) is 4.19. The predicted molar refractivity (Wildman–Crippen MR) is 71.2 cm³/mol. The van der Waals surface area contributed by atoms with Crippen molar-refractivity contribution in [3.8, 4) is 0 Å². The van der Waals surface area contributed by atoms with Crippen molar-refractivity contribution in [3.05, 3.63) is 34.7 Å². The van der Waals surface area contributed by atoms with Gasteiger partial charge >= 0.3 is 0 Å². The minimum atomic E-state index is 0.603. The monoisotopic (exact) mass is 231 g/mol. The Labute approximate surface area is 100 Å². The first kappa shape index (κ1) is 10.3. The van der Waals surface area contributed by atoms with Crippen molar-refractivity contribution in [1.82, 2.24) is 5.32 Å². The fraction of sp³-hybridized carbons (Fsp3) is 0.429. The molecular weight excluding hydrogens is 214 g/mol. The summed E-state index contributed by atoms with van der Waals surface area (Å²) in [5, 5.41) is 5.10. The fourth-order valence-electron chi connectivity index (χ4n) is 2.71. The molecule has 1 aliphatic carbocycles. The van der Waals surface area contributed by atoms with E-state index >= 15 is 0 Å². The lowest BCUT2D eigenvalue weighted by Crippen LogP contribution is -2.23. The molecule has 0 aliphatic heterocycles. The van der Waals surface area contributed by atoms with E-state index in [4.69, 9.17) is 0 Å². The van der Waals surface area contributed by atoms with Crippen molar-refractivity contribution in [2.75, 3.05) is 6.54 Å². The SMILES string of the molecule is CCNC1CCCc2c1sc1ccccc21. The van der Waals surface area contributed by atoms with Crippen LogP contribution in [0.1, 0.15) is 36.2 Å². The summed E-state index contributed by atoms with van der Waals surface area (Å²) in [5.74, 6) is 0. The Bertz CT molecular complexity index is 500. The van der Waals surface area contributed by atoms with Crippen LogP contribution in [-0.4, -0.2) is 6.54 Å². The number of benzene rings is 1. The summed E-state index contributed by atoms with van der Waals surface area (Å²) in [7, 11) is 0. The Hall–Kier alpha value is -0.860. The lowest BCUT2D eigenvalue weighted by Gasteiger charge is -2.23. The normalized spacial score (nSPS) is 19.9. The maximum Gasteiger partial charge on any atom is 0.0418 e. The number of aryl methyl sites for hydroxylation is 1. The highest BCUT2D eigenvalue weighted by Gasteiger charge is 2.23. The van der Waals surface area contributed by atoms with Crippen LogP contribution in [0.4, 0.5) is 0 Å². The molecule has 3 rings (SSSR count). The number of hydrogen-bond acceptors (Lipinski definition) is 2. The molecule has 1 aromatic heterocycles. The second-order valence-corrected chi connectivity index (χ2v) is 5.53. The average Bonchev–Trinajstić information content (AvgIpc) is 2.69. The average molecular weight is 231 g/mol. The number of fused-ring (bicyclic) bond motifs is 3. The molecule has 0 saturated carbocycles. The smallest absolute Gasteiger partial charge is 0.0418 e. The molecule has 1 unspecified atom stereocenters. The molecule has 0 amide bonds. The number of nitrogens with one attached hydrogen (secondary N) is 1. The van der Waals surface area contributed by atoms with Gasteiger partial charge in [-0.3, -0.25) is 0 Å². The van der Waals surface area contributed by atoms with E-state index in [0.717, 1.165) is 6.54 Å². The summed E-state index contributed by atoms with van der Waals surface area (Å²) < 4.78 is 1.46. The van der Waals surface area contributed by atoms with Gasteiger partial charge < -0.3 is 5.32 Å². The molecule has 2 aromatic rings. The lowest BCUT2D eigenvalue weighted by molar-refractivity contribution is 0.481.